The molecule has 0 radical (unpaired) electrons. The number of rotatable bonds is 10. The van der Waals surface area contributed by atoms with Crippen molar-refractivity contribution in [1.29, 1.82) is 0 Å². The average molecular weight is 785 g/mol. The number of halogens is 6. The molecule has 0 spiro atoms. The van der Waals surface area contributed by atoms with Gasteiger partial charge in [-0.05, 0) is 92.5 Å². The molecule has 1 aliphatic rings. The highest BCUT2D eigenvalue weighted by atomic mass is 19.3. The number of anilines is 1. The number of aryl methyl sites for hydroxylation is 2. The fourth-order valence-electron chi connectivity index (χ4n) is 7.17. The molecule has 0 fully saturated rings. The van der Waals surface area contributed by atoms with Crippen LogP contribution in [0.1, 0.15) is 113 Å². The minimum absolute atomic E-state index is 0.00137. The Labute approximate surface area is 323 Å². The van der Waals surface area contributed by atoms with Crippen LogP contribution in [0.4, 0.5) is 32.0 Å². The van der Waals surface area contributed by atoms with E-state index in [9.17, 15) is 35.9 Å². The van der Waals surface area contributed by atoms with Crippen molar-refractivity contribution in [3.8, 4) is 5.69 Å². The van der Waals surface area contributed by atoms with Crippen molar-refractivity contribution in [3.63, 3.8) is 0 Å². The number of ketones is 1. The fourth-order valence-corrected chi connectivity index (χ4v) is 7.17. The largest absolute Gasteiger partial charge is 0.397 e. The lowest BCUT2D eigenvalue weighted by Crippen LogP contribution is -2.29. The van der Waals surface area contributed by atoms with Gasteiger partial charge in [-0.2, -0.15) is 13.9 Å². The van der Waals surface area contributed by atoms with E-state index in [0.717, 1.165) is 40.4 Å². The van der Waals surface area contributed by atoms with Gasteiger partial charge in [-0.25, -0.2) is 27.5 Å². The number of fused-ring (bicyclic) bond motifs is 2. The molecule has 0 saturated heterocycles. The first kappa shape index (κ1) is 43.7. The second kappa shape index (κ2) is 17.8. The minimum Gasteiger partial charge on any atom is -0.397 e. The molecule has 8 nitrogen and oxygen atoms in total. The lowest BCUT2D eigenvalue weighted by atomic mass is 9.87. The number of nitrogens with zero attached hydrogens (tertiary/aromatic N) is 5. The van der Waals surface area contributed by atoms with E-state index in [1.54, 1.807) is 16.7 Å². The van der Waals surface area contributed by atoms with E-state index in [4.69, 9.17) is 10.7 Å². The van der Waals surface area contributed by atoms with Gasteiger partial charge in [0.2, 0.25) is 0 Å². The highest BCUT2D eigenvalue weighted by Crippen LogP contribution is 2.48. The minimum atomic E-state index is -3.22. The number of benzene rings is 2. The van der Waals surface area contributed by atoms with Crippen molar-refractivity contribution in [1.82, 2.24) is 24.3 Å². The first-order valence-corrected chi connectivity index (χ1v) is 18.9. The zero-order valence-corrected chi connectivity index (χ0v) is 33.3. The second-order valence-corrected chi connectivity index (χ2v) is 14.2. The van der Waals surface area contributed by atoms with E-state index in [0.29, 0.717) is 40.2 Å². The van der Waals surface area contributed by atoms with Crippen molar-refractivity contribution in [2.75, 3.05) is 5.73 Å². The predicted octanol–water partition coefficient (Wildman–Crippen LogP) is 9.78. The van der Waals surface area contributed by atoms with Gasteiger partial charge in [-0.1, -0.05) is 54.5 Å². The summed E-state index contributed by atoms with van der Waals surface area (Å²) in [6, 6.07) is 10.9. The normalized spacial score (nSPS) is 15.0. The Bertz CT molecular complexity index is 2250. The molecule has 302 valence electrons. The van der Waals surface area contributed by atoms with Gasteiger partial charge in [0.05, 0.1) is 23.3 Å². The summed E-state index contributed by atoms with van der Waals surface area (Å²) < 4.78 is 83.6. The van der Waals surface area contributed by atoms with Gasteiger partial charge in [-0.15, -0.1) is 0 Å². The molecule has 3 heterocycles. The molecule has 3 aromatic heterocycles. The van der Waals surface area contributed by atoms with Crippen LogP contribution in [0.3, 0.4) is 0 Å². The maximum Gasteiger partial charge on any atom is 0.292 e. The summed E-state index contributed by atoms with van der Waals surface area (Å²) in [5, 5.41) is 3.86. The second-order valence-electron chi connectivity index (χ2n) is 14.2. The molecule has 2 atom stereocenters. The van der Waals surface area contributed by atoms with Crippen molar-refractivity contribution in [2.24, 2.45) is 11.8 Å². The Kier molecular flexibility index (Phi) is 13.9. The first-order valence-electron chi connectivity index (χ1n) is 18.9. The number of pyridine rings is 1. The summed E-state index contributed by atoms with van der Waals surface area (Å²) in [4.78, 5) is 34.4. The molecular weight excluding hydrogens is 734 g/mol. The smallest absolute Gasteiger partial charge is 0.292 e. The Balaban J connectivity index is 0.000000291. The topological polar surface area (TPSA) is 109 Å². The standard InChI is InChI=1S/C29H32F2N4O.C11H12F4N2O.C2H6/c1-6-19-9-11-25(26(32)22(19)7-2)35-28(34-27-23(29(35)36)10-8-17(5)33-27)24(16(3)4)14-18-12-20(30)15-21(31)13-18;1-5-3-7-8(10(12)13)16-17(4-6(2)18)9(7)11(5,14)15;1-2/h8-13,15-16,24H,6-7,14,32H2,1-5H3;5,10H,3-4H2,1-2H3;1-2H3. The van der Waals surface area contributed by atoms with Crippen LogP contribution in [0.15, 0.2) is 47.3 Å². The van der Waals surface area contributed by atoms with Crippen LogP contribution in [0, 0.1) is 30.4 Å². The molecule has 5 aromatic rings. The number of hydrogen-bond donors (Lipinski definition) is 1. The summed E-state index contributed by atoms with van der Waals surface area (Å²) in [6.45, 7) is 16.1. The van der Waals surface area contributed by atoms with Crippen LogP contribution < -0.4 is 11.3 Å². The Morgan fingerprint density at radius 2 is 1.64 bits per heavy atom. The van der Waals surface area contributed by atoms with E-state index in [-0.39, 0.29) is 29.4 Å². The van der Waals surface area contributed by atoms with E-state index >= 15 is 0 Å². The molecule has 2 unspecified atom stereocenters. The molecule has 2 aromatic carbocycles. The van der Waals surface area contributed by atoms with Crippen LogP contribution >= 0.6 is 0 Å². The van der Waals surface area contributed by atoms with Crippen LogP contribution in [-0.2, 0) is 42.9 Å². The van der Waals surface area contributed by atoms with Gasteiger partial charge in [0.15, 0.2) is 11.4 Å². The number of carbonyl (C=O) groups excluding carboxylic acids is 1. The molecular formula is C42H50F6N6O2. The van der Waals surface area contributed by atoms with E-state index in [1.165, 1.54) is 26.0 Å². The lowest BCUT2D eigenvalue weighted by Gasteiger charge is -2.26. The van der Waals surface area contributed by atoms with Crippen LogP contribution in [0.25, 0.3) is 16.7 Å². The number of hydrogen-bond acceptors (Lipinski definition) is 6. The van der Waals surface area contributed by atoms with Gasteiger partial charge in [0.25, 0.3) is 17.9 Å². The maximum atomic E-state index is 14.0. The molecule has 0 amide bonds. The molecule has 14 heteroatoms. The quantitative estimate of drug-likeness (QED) is 0.112. The van der Waals surface area contributed by atoms with E-state index in [2.05, 4.69) is 17.0 Å². The number of alkyl halides is 4. The highest BCUT2D eigenvalue weighted by molar-refractivity contribution is 5.76. The molecule has 6 rings (SSSR count). The van der Waals surface area contributed by atoms with Crippen molar-refractivity contribution in [3.05, 3.63) is 110 Å². The summed E-state index contributed by atoms with van der Waals surface area (Å²) >= 11 is 0. The maximum absolute atomic E-state index is 14.0. The molecule has 0 aliphatic heterocycles. The fraction of sp³-hybridized carbons (Fsp3) is 0.452. The van der Waals surface area contributed by atoms with Crippen LogP contribution in [0.5, 0.6) is 0 Å². The number of nitrogens with two attached hydrogens (primary N) is 1. The van der Waals surface area contributed by atoms with Gasteiger partial charge in [0, 0.05) is 29.2 Å². The highest BCUT2D eigenvalue weighted by Gasteiger charge is 2.51. The molecule has 1 aliphatic carbocycles. The zero-order valence-electron chi connectivity index (χ0n) is 33.3. The van der Waals surface area contributed by atoms with Crippen LogP contribution in [0.2, 0.25) is 0 Å². The van der Waals surface area contributed by atoms with Gasteiger partial charge < -0.3 is 5.73 Å². The number of nitrogen functional groups attached to an aromatic ring is 1. The molecule has 2 N–H and O–H groups in total. The summed E-state index contributed by atoms with van der Waals surface area (Å²) in [6.07, 6.45) is -1.20. The average Bonchev–Trinajstić information content (AvgIpc) is 3.60. The Hall–Kier alpha value is -5.01. The first-order chi connectivity index (χ1) is 26.4. The monoisotopic (exact) mass is 784 g/mol. The molecule has 0 bridgehead atoms. The summed E-state index contributed by atoms with van der Waals surface area (Å²) in [5.74, 6) is -5.81. The molecule has 0 saturated carbocycles. The van der Waals surface area contributed by atoms with Crippen LogP contribution in [-0.4, -0.2) is 30.1 Å². The molecule has 56 heavy (non-hydrogen) atoms. The SMILES string of the molecule is CC.CC(=O)Cn1nc(C(F)F)c2c1C(F)(F)C(C)C2.CCc1ccc(-n2c(C(Cc3cc(F)cc(F)c3)C(C)C)nc3nc(C)ccc3c2=O)c(N)c1CC. The van der Waals surface area contributed by atoms with E-state index in [1.807, 2.05) is 53.7 Å². The summed E-state index contributed by atoms with van der Waals surface area (Å²) in [7, 11) is 0. The summed E-state index contributed by atoms with van der Waals surface area (Å²) in [5.41, 5.74) is 9.97. The Morgan fingerprint density at radius 1 is 1.00 bits per heavy atom. The number of Topliss-reactive ketones (excluding diaryl/α,β-unsaturated/α-hetero) is 1. The van der Waals surface area contributed by atoms with Crippen molar-refractivity contribution in [2.45, 2.75) is 113 Å². The predicted molar refractivity (Wildman–Crippen MR) is 207 cm³/mol. The zero-order chi connectivity index (χ0) is 41.8. The third-order valence-corrected chi connectivity index (χ3v) is 9.92. The number of aromatic nitrogens is 5. The van der Waals surface area contributed by atoms with Gasteiger partial charge >= 0.3 is 0 Å². The van der Waals surface area contributed by atoms with E-state index < -0.39 is 53.6 Å². The van der Waals surface area contributed by atoms with Crippen molar-refractivity contribution >= 4 is 22.5 Å². The van der Waals surface area contributed by atoms with Crippen molar-refractivity contribution < 1.29 is 31.1 Å². The number of carbonyl (C=O) groups is 1. The third-order valence-electron chi connectivity index (χ3n) is 9.92. The third kappa shape index (κ3) is 8.84. The van der Waals surface area contributed by atoms with Gasteiger partial charge in [0.1, 0.15) is 28.8 Å². The van der Waals surface area contributed by atoms with Gasteiger partial charge in [-0.3, -0.25) is 18.8 Å². The lowest BCUT2D eigenvalue weighted by molar-refractivity contribution is -0.118. The Morgan fingerprint density at radius 3 is 2.20 bits per heavy atom.